The van der Waals surface area contributed by atoms with E-state index in [1.165, 1.54) is 0 Å². The molecule has 1 aromatic rings. The zero-order valence-corrected chi connectivity index (χ0v) is 11.3. The lowest BCUT2D eigenvalue weighted by molar-refractivity contribution is 0.291. The van der Waals surface area contributed by atoms with E-state index in [1.54, 1.807) is 7.11 Å². The van der Waals surface area contributed by atoms with Gasteiger partial charge in [-0.25, -0.2) is 0 Å². The second kappa shape index (κ2) is 5.97. The van der Waals surface area contributed by atoms with Crippen molar-refractivity contribution in [1.82, 2.24) is 9.88 Å². The minimum atomic E-state index is 0.558. The fraction of sp³-hybridized carbons (Fsp3) is 0.500. The van der Waals surface area contributed by atoms with Gasteiger partial charge in [-0.15, -0.1) is 0 Å². The molecule has 2 rings (SSSR count). The highest BCUT2D eigenvalue weighted by molar-refractivity contribution is 7.80. The van der Waals surface area contributed by atoms with Gasteiger partial charge in [-0.05, 0) is 6.07 Å². The summed E-state index contributed by atoms with van der Waals surface area (Å²) >= 11 is 4.93. The maximum atomic E-state index is 5.55. The Bertz CT molecular complexity index is 418. The average Bonchev–Trinajstić information content (AvgIpc) is 2.39. The first kappa shape index (κ1) is 13.0. The minimum absolute atomic E-state index is 0.558. The number of hydrogen-bond donors (Lipinski definition) is 1. The smallest absolute Gasteiger partial charge is 0.214 e. The molecule has 1 fully saturated rings. The Kier molecular flexibility index (Phi) is 4.33. The van der Waals surface area contributed by atoms with Gasteiger partial charge in [-0.1, -0.05) is 18.3 Å². The second-order valence-corrected chi connectivity index (χ2v) is 4.79. The maximum Gasteiger partial charge on any atom is 0.214 e. The summed E-state index contributed by atoms with van der Waals surface area (Å²) in [4.78, 5) is 9.51. The summed E-state index contributed by atoms with van der Waals surface area (Å²) in [6, 6.07) is 5.82. The SMILES string of the molecule is COc1cccc(N2CCN(CC(N)=S)CC2)n1. The lowest BCUT2D eigenvalue weighted by atomic mass is 10.3. The number of nitrogens with zero attached hydrogens (tertiary/aromatic N) is 3. The van der Waals surface area contributed by atoms with Crippen LogP contribution in [0.2, 0.25) is 0 Å². The van der Waals surface area contributed by atoms with Crippen molar-refractivity contribution in [2.75, 3.05) is 44.7 Å². The molecule has 1 aliphatic rings. The van der Waals surface area contributed by atoms with E-state index in [0.717, 1.165) is 32.0 Å². The second-order valence-electron chi connectivity index (χ2n) is 4.27. The third-order valence-electron chi connectivity index (χ3n) is 2.99. The molecule has 1 aliphatic heterocycles. The summed E-state index contributed by atoms with van der Waals surface area (Å²) in [5, 5.41) is 0. The molecule has 0 radical (unpaired) electrons. The van der Waals surface area contributed by atoms with Crippen molar-refractivity contribution in [3.05, 3.63) is 18.2 Å². The Labute approximate surface area is 113 Å². The molecule has 6 heteroatoms. The number of thiocarbonyl (C=S) groups is 1. The molecule has 0 aromatic carbocycles. The first-order valence-electron chi connectivity index (χ1n) is 5.95. The van der Waals surface area contributed by atoms with Gasteiger partial charge in [0.25, 0.3) is 0 Å². The van der Waals surface area contributed by atoms with E-state index in [4.69, 9.17) is 22.7 Å². The molecule has 0 bridgehead atoms. The minimum Gasteiger partial charge on any atom is -0.481 e. The van der Waals surface area contributed by atoms with Crippen molar-refractivity contribution in [2.24, 2.45) is 5.73 Å². The maximum absolute atomic E-state index is 5.55. The molecule has 2 heterocycles. The van der Waals surface area contributed by atoms with E-state index in [9.17, 15) is 0 Å². The van der Waals surface area contributed by atoms with Gasteiger partial charge in [0.15, 0.2) is 0 Å². The lowest BCUT2D eigenvalue weighted by Crippen LogP contribution is -2.48. The molecule has 1 aromatic heterocycles. The molecule has 98 valence electrons. The van der Waals surface area contributed by atoms with Gasteiger partial charge in [0.05, 0.1) is 12.1 Å². The molecular weight excluding hydrogens is 248 g/mol. The molecule has 0 amide bonds. The molecule has 18 heavy (non-hydrogen) atoms. The Morgan fingerprint density at radius 2 is 2.11 bits per heavy atom. The molecule has 2 N–H and O–H groups in total. The Morgan fingerprint density at radius 3 is 2.72 bits per heavy atom. The molecule has 0 saturated carbocycles. The van der Waals surface area contributed by atoms with Gasteiger partial charge < -0.3 is 15.4 Å². The van der Waals surface area contributed by atoms with Crippen molar-refractivity contribution >= 4 is 23.0 Å². The fourth-order valence-corrected chi connectivity index (χ4v) is 2.23. The van der Waals surface area contributed by atoms with E-state index in [0.29, 0.717) is 17.4 Å². The van der Waals surface area contributed by atoms with Crippen LogP contribution < -0.4 is 15.4 Å². The highest BCUT2D eigenvalue weighted by atomic mass is 32.1. The summed E-state index contributed by atoms with van der Waals surface area (Å²) in [6.07, 6.45) is 0. The van der Waals surface area contributed by atoms with Crippen molar-refractivity contribution in [3.63, 3.8) is 0 Å². The monoisotopic (exact) mass is 266 g/mol. The van der Waals surface area contributed by atoms with Gasteiger partial charge in [-0.3, -0.25) is 4.90 Å². The number of anilines is 1. The van der Waals surface area contributed by atoms with Crippen LogP contribution in [-0.4, -0.2) is 54.7 Å². The van der Waals surface area contributed by atoms with Crippen molar-refractivity contribution in [1.29, 1.82) is 0 Å². The number of ether oxygens (including phenoxy) is 1. The Hall–Kier alpha value is -1.40. The third-order valence-corrected chi connectivity index (χ3v) is 3.12. The van der Waals surface area contributed by atoms with E-state index >= 15 is 0 Å². The predicted molar refractivity (Wildman–Crippen MR) is 76.2 cm³/mol. The first-order chi connectivity index (χ1) is 8.69. The van der Waals surface area contributed by atoms with Crippen LogP contribution in [0.4, 0.5) is 5.82 Å². The fourth-order valence-electron chi connectivity index (χ4n) is 2.05. The van der Waals surface area contributed by atoms with Crippen LogP contribution in [0.25, 0.3) is 0 Å². The summed E-state index contributed by atoms with van der Waals surface area (Å²) < 4.78 is 5.14. The van der Waals surface area contributed by atoms with Crippen LogP contribution >= 0.6 is 12.2 Å². The van der Waals surface area contributed by atoms with Crippen molar-refractivity contribution in [2.45, 2.75) is 0 Å². The highest BCUT2D eigenvalue weighted by Gasteiger charge is 2.18. The molecular formula is C12H18N4OS. The zero-order valence-electron chi connectivity index (χ0n) is 10.5. The number of methoxy groups -OCH3 is 1. The van der Waals surface area contributed by atoms with Gasteiger partial charge in [0.1, 0.15) is 5.82 Å². The van der Waals surface area contributed by atoms with Crippen molar-refractivity contribution in [3.8, 4) is 5.88 Å². The predicted octanol–water partition coefficient (Wildman–Crippen LogP) is 0.498. The van der Waals surface area contributed by atoms with E-state index < -0.39 is 0 Å². The van der Waals surface area contributed by atoms with Crippen molar-refractivity contribution < 1.29 is 4.74 Å². The molecule has 0 spiro atoms. The number of nitrogens with two attached hydrogens (primary N) is 1. The van der Waals surface area contributed by atoms with Gasteiger partial charge >= 0.3 is 0 Å². The largest absolute Gasteiger partial charge is 0.481 e. The van der Waals surface area contributed by atoms with Gasteiger partial charge in [0, 0.05) is 38.8 Å². The Morgan fingerprint density at radius 1 is 1.39 bits per heavy atom. The van der Waals surface area contributed by atoms with Gasteiger partial charge in [0.2, 0.25) is 5.88 Å². The van der Waals surface area contributed by atoms with E-state index in [2.05, 4.69) is 14.8 Å². The zero-order chi connectivity index (χ0) is 13.0. The lowest BCUT2D eigenvalue weighted by Gasteiger charge is -2.35. The van der Waals surface area contributed by atoms with Crippen LogP contribution in [0, 0.1) is 0 Å². The molecule has 1 saturated heterocycles. The topological polar surface area (TPSA) is 54.6 Å². The standard InChI is InChI=1S/C12H18N4OS/c1-17-12-4-2-3-11(14-12)16-7-5-15(6-8-16)9-10(13)18/h2-4H,5-9H2,1H3,(H2,13,18). The Balaban J connectivity index is 1.94. The average molecular weight is 266 g/mol. The third kappa shape index (κ3) is 3.30. The molecule has 0 atom stereocenters. The molecule has 5 nitrogen and oxygen atoms in total. The van der Waals surface area contributed by atoms with E-state index in [-0.39, 0.29) is 0 Å². The van der Waals surface area contributed by atoms with Crippen LogP contribution in [0.1, 0.15) is 0 Å². The van der Waals surface area contributed by atoms with Crippen LogP contribution in [0.15, 0.2) is 18.2 Å². The molecule has 0 aliphatic carbocycles. The highest BCUT2D eigenvalue weighted by Crippen LogP contribution is 2.17. The number of rotatable bonds is 4. The number of pyridine rings is 1. The van der Waals surface area contributed by atoms with Gasteiger partial charge in [-0.2, -0.15) is 4.98 Å². The molecule has 0 unspecified atom stereocenters. The summed E-state index contributed by atoms with van der Waals surface area (Å²) in [6.45, 7) is 4.48. The van der Waals surface area contributed by atoms with Crippen LogP contribution in [-0.2, 0) is 0 Å². The first-order valence-corrected chi connectivity index (χ1v) is 6.36. The van der Waals surface area contributed by atoms with E-state index in [1.807, 2.05) is 18.2 Å². The summed E-state index contributed by atoms with van der Waals surface area (Å²) in [7, 11) is 1.63. The summed E-state index contributed by atoms with van der Waals surface area (Å²) in [5.74, 6) is 1.61. The summed E-state index contributed by atoms with van der Waals surface area (Å²) in [5.41, 5.74) is 5.55. The number of hydrogen-bond acceptors (Lipinski definition) is 5. The van der Waals surface area contributed by atoms with Crippen LogP contribution in [0.5, 0.6) is 5.88 Å². The van der Waals surface area contributed by atoms with Crippen LogP contribution in [0.3, 0.4) is 0 Å². The number of aromatic nitrogens is 1. The normalized spacial score (nSPS) is 16.6. The number of piperazine rings is 1. The quantitative estimate of drug-likeness (QED) is 0.801.